The van der Waals surface area contributed by atoms with Crippen molar-refractivity contribution >= 4 is 23.9 Å². The number of hydrogen-bond donors (Lipinski definition) is 1. The van der Waals surface area contributed by atoms with Crippen molar-refractivity contribution in [1.29, 1.82) is 0 Å². The van der Waals surface area contributed by atoms with Crippen LogP contribution < -0.4 is 0 Å². The smallest absolute Gasteiger partial charge is 0.306 e. The molecule has 174 valence electrons. The Morgan fingerprint density at radius 2 is 1.13 bits per heavy atom. The number of hydrogen-bond acceptors (Lipinski definition) is 7. The number of carbonyl (C=O) groups is 4. The van der Waals surface area contributed by atoms with E-state index in [-0.39, 0.29) is 38.3 Å². The molecule has 0 aliphatic rings. The molecule has 0 aromatic heterocycles. The van der Waals surface area contributed by atoms with Crippen molar-refractivity contribution < 1.29 is 38.5 Å². The molecule has 1 aromatic rings. The molecule has 0 heterocycles. The Morgan fingerprint density at radius 3 is 1.55 bits per heavy atom. The van der Waals surface area contributed by atoms with Crippen LogP contribution in [-0.4, -0.2) is 40.2 Å². The number of carboxylic acid groups (broad SMARTS) is 1. The molecule has 0 radical (unpaired) electrons. The number of esters is 3. The van der Waals surface area contributed by atoms with Crippen molar-refractivity contribution in [3.05, 3.63) is 35.9 Å². The van der Waals surface area contributed by atoms with E-state index in [1.54, 1.807) is 41.5 Å². The molecule has 8 nitrogen and oxygen atoms in total. The molecule has 8 heteroatoms. The van der Waals surface area contributed by atoms with Crippen LogP contribution in [0.15, 0.2) is 30.3 Å². The van der Waals surface area contributed by atoms with Gasteiger partial charge in [-0.15, -0.1) is 0 Å². The first-order valence-electron chi connectivity index (χ1n) is 10.0. The summed E-state index contributed by atoms with van der Waals surface area (Å²) in [5.41, 5.74) is -0.131. The number of aliphatic carboxylic acids is 1. The van der Waals surface area contributed by atoms with Crippen LogP contribution in [0.3, 0.4) is 0 Å². The van der Waals surface area contributed by atoms with E-state index in [4.69, 9.17) is 19.3 Å². The van der Waals surface area contributed by atoms with Crippen LogP contribution in [0, 0.1) is 0 Å². The number of ether oxygens (including phenoxy) is 3. The van der Waals surface area contributed by atoms with Gasteiger partial charge < -0.3 is 19.3 Å². The Balaban J connectivity index is 0.000000649. The normalized spacial score (nSPS) is 10.9. The lowest BCUT2D eigenvalue weighted by atomic mass is 10.2. The Hall–Kier alpha value is -2.90. The molecular formula is C23H34O8. The van der Waals surface area contributed by atoms with Gasteiger partial charge in [0.25, 0.3) is 0 Å². The van der Waals surface area contributed by atoms with Crippen molar-refractivity contribution in [3.8, 4) is 0 Å². The lowest BCUT2D eigenvalue weighted by Crippen LogP contribution is -2.24. The summed E-state index contributed by atoms with van der Waals surface area (Å²) in [6.07, 6.45) is -0.145. The lowest BCUT2D eigenvalue weighted by Gasteiger charge is -2.19. The second kappa shape index (κ2) is 13.4. The summed E-state index contributed by atoms with van der Waals surface area (Å²) >= 11 is 0. The van der Waals surface area contributed by atoms with Crippen LogP contribution in [0.25, 0.3) is 0 Å². The fourth-order valence-corrected chi connectivity index (χ4v) is 2.01. The SMILES string of the molecule is CC(C)(C)OC(=O)CCC(=O)O.CC(C)(C)OC(=O)CCC(=O)OCc1ccccc1. The fourth-order valence-electron chi connectivity index (χ4n) is 2.01. The van der Waals surface area contributed by atoms with Gasteiger partial charge in [0.1, 0.15) is 17.8 Å². The van der Waals surface area contributed by atoms with Gasteiger partial charge in [0.05, 0.1) is 25.7 Å². The quantitative estimate of drug-likeness (QED) is 0.477. The van der Waals surface area contributed by atoms with Crippen molar-refractivity contribution in [2.75, 3.05) is 0 Å². The molecule has 0 aliphatic carbocycles. The molecule has 0 saturated carbocycles. The molecule has 1 rings (SSSR count). The van der Waals surface area contributed by atoms with Crippen molar-refractivity contribution in [2.24, 2.45) is 0 Å². The van der Waals surface area contributed by atoms with Gasteiger partial charge in [-0.05, 0) is 47.1 Å². The van der Waals surface area contributed by atoms with Gasteiger partial charge in [-0.3, -0.25) is 19.2 Å². The molecule has 0 fully saturated rings. The van der Waals surface area contributed by atoms with Gasteiger partial charge in [-0.2, -0.15) is 0 Å². The maximum atomic E-state index is 11.5. The van der Waals surface area contributed by atoms with Crippen LogP contribution in [-0.2, 0) is 40.0 Å². The minimum Gasteiger partial charge on any atom is -0.481 e. The molecule has 0 aliphatic heterocycles. The largest absolute Gasteiger partial charge is 0.481 e. The Bertz CT molecular complexity index is 711. The van der Waals surface area contributed by atoms with Crippen molar-refractivity contribution in [1.82, 2.24) is 0 Å². The molecule has 0 unspecified atom stereocenters. The summed E-state index contributed by atoms with van der Waals surface area (Å²) in [6.45, 7) is 10.8. The highest BCUT2D eigenvalue weighted by Crippen LogP contribution is 2.10. The van der Waals surface area contributed by atoms with Gasteiger partial charge in [0.2, 0.25) is 0 Å². The van der Waals surface area contributed by atoms with E-state index in [1.165, 1.54) is 0 Å². The van der Waals surface area contributed by atoms with Crippen LogP contribution in [0.2, 0.25) is 0 Å². The number of carbonyl (C=O) groups excluding carboxylic acids is 3. The van der Waals surface area contributed by atoms with E-state index in [1.807, 2.05) is 30.3 Å². The number of rotatable bonds is 8. The third-order valence-corrected chi connectivity index (χ3v) is 3.16. The van der Waals surface area contributed by atoms with E-state index >= 15 is 0 Å². The summed E-state index contributed by atoms with van der Waals surface area (Å²) in [5.74, 6) is -2.23. The maximum Gasteiger partial charge on any atom is 0.306 e. The Kier molecular flexibility index (Phi) is 12.2. The Labute approximate surface area is 183 Å². The van der Waals surface area contributed by atoms with Gasteiger partial charge in [0.15, 0.2) is 0 Å². The zero-order chi connectivity index (χ0) is 24.1. The molecule has 0 amide bonds. The predicted molar refractivity (Wildman–Crippen MR) is 114 cm³/mol. The van der Waals surface area contributed by atoms with Crippen LogP contribution >= 0.6 is 0 Å². The number of carboxylic acids is 1. The Morgan fingerprint density at radius 1 is 0.710 bits per heavy atom. The zero-order valence-electron chi connectivity index (χ0n) is 19.2. The molecular weight excluding hydrogens is 404 g/mol. The number of benzene rings is 1. The molecule has 0 spiro atoms. The highest BCUT2D eigenvalue weighted by molar-refractivity contribution is 5.78. The molecule has 0 atom stereocenters. The molecule has 31 heavy (non-hydrogen) atoms. The minimum atomic E-state index is -0.985. The lowest BCUT2D eigenvalue weighted by molar-refractivity contribution is -0.158. The molecule has 0 saturated heterocycles. The minimum absolute atomic E-state index is 0.0434. The fraction of sp³-hybridized carbons (Fsp3) is 0.565. The van der Waals surface area contributed by atoms with Gasteiger partial charge in [-0.1, -0.05) is 30.3 Å². The molecule has 1 N–H and O–H groups in total. The summed E-state index contributed by atoms with van der Waals surface area (Å²) in [6, 6.07) is 9.41. The second-order valence-electron chi connectivity index (χ2n) is 8.71. The molecule has 0 bridgehead atoms. The van der Waals surface area contributed by atoms with E-state index < -0.39 is 29.1 Å². The summed E-state index contributed by atoms with van der Waals surface area (Å²) in [7, 11) is 0. The first-order valence-corrected chi connectivity index (χ1v) is 10.0. The van der Waals surface area contributed by atoms with Gasteiger partial charge >= 0.3 is 23.9 Å². The van der Waals surface area contributed by atoms with Crippen LogP contribution in [0.5, 0.6) is 0 Å². The predicted octanol–water partition coefficient (Wildman–Crippen LogP) is 4.04. The highest BCUT2D eigenvalue weighted by atomic mass is 16.6. The average molecular weight is 439 g/mol. The van der Waals surface area contributed by atoms with Crippen LogP contribution in [0.4, 0.5) is 0 Å². The van der Waals surface area contributed by atoms with Gasteiger partial charge in [-0.25, -0.2) is 0 Å². The topological polar surface area (TPSA) is 116 Å². The second-order valence-corrected chi connectivity index (χ2v) is 8.71. The molecule has 1 aromatic carbocycles. The van der Waals surface area contributed by atoms with Crippen molar-refractivity contribution in [2.45, 2.75) is 85.0 Å². The first kappa shape index (κ1) is 28.1. The summed E-state index contributed by atoms with van der Waals surface area (Å²) in [5, 5.41) is 8.25. The summed E-state index contributed by atoms with van der Waals surface area (Å²) < 4.78 is 15.1. The maximum absolute atomic E-state index is 11.5. The van der Waals surface area contributed by atoms with E-state index in [0.29, 0.717) is 0 Å². The zero-order valence-corrected chi connectivity index (χ0v) is 19.2. The van der Waals surface area contributed by atoms with E-state index in [0.717, 1.165) is 5.56 Å². The average Bonchev–Trinajstić information content (AvgIpc) is 2.62. The standard InChI is InChI=1S/C15H20O4.C8H14O4/c1-15(2,3)19-14(17)10-9-13(16)18-11-12-7-5-4-6-8-12;1-8(2,3)12-7(11)5-4-6(9)10/h4-8H,9-11H2,1-3H3;4-5H2,1-3H3,(H,9,10). The van der Waals surface area contributed by atoms with Crippen molar-refractivity contribution in [3.63, 3.8) is 0 Å². The monoisotopic (exact) mass is 438 g/mol. The van der Waals surface area contributed by atoms with E-state index in [9.17, 15) is 19.2 Å². The van der Waals surface area contributed by atoms with Gasteiger partial charge in [0, 0.05) is 0 Å². The third kappa shape index (κ3) is 18.8. The van der Waals surface area contributed by atoms with E-state index in [2.05, 4.69) is 0 Å². The summed E-state index contributed by atoms with van der Waals surface area (Å²) in [4.78, 5) is 43.8. The first-order chi connectivity index (χ1) is 14.2. The van der Waals surface area contributed by atoms with Crippen LogP contribution in [0.1, 0.15) is 72.8 Å². The third-order valence-electron chi connectivity index (χ3n) is 3.16. The highest BCUT2D eigenvalue weighted by Gasteiger charge is 2.18.